The van der Waals surface area contributed by atoms with Crippen molar-refractivity contribution >= 4 is 39.1 Å². The van der Waals surface area contributed by atoms with Crippen LogP contribution in [0, 0.1) is 6.92 Å². The summed E-state index contributed by atoms with van der Waals surface area (Å²) in [6.45, 7) is 3.13. The van der Waals surface area contributed by atoms with E-state index in [4.69, 9.17) is 0 Å². The van der Waals surface area contributed by atoms with Gasteiger partial charge in [-0.3, -0.25) is 14.4 Å². The molecule has 2 saturated heterocycles. The molecule has 2 heterocycles. The molecule has 2 N–H and O–H groups in total. The highest BCUT2D eigenvalue weighted by molar-refractivity contribution is 7.89. The third kappa shape index (κ3) is 5.71. The minimum atomic E-state index is -3.64. The first-order chi connectivity index (χ1) is 16.8. The number of anilines is 2. The van der Waals surface area contributed by atoms with Crippen LogP contribution in [0.3, 0.4) is 0 Å². The summed E-state index contributed by atoms with van der Waals surface area (Å²) >= 11 is 0. The monoisotopic (exact) mass is 498 g/mol. The lowest BCUT2D eigenvalue weighted by Crippen LogP contribution is -2.36. The second kappa shape index (κ2) is 10.6. The van der Waals surface area contributed by atoms with E-state index >= 15 is 0 Å². The summed E-state index contributed by atoms with van der Waals surface area (Å²) in [5.41, 5.74) is 2.08. The number of hydrogen-bond donors (Lipinski definition) is 2. The largest absolute Gasteiger partial charge is 0.343 e. The molecule has 3 amide bonds. The summed E-state index contributed by atoms with van der Waals surface area (Å²) in [5.74, 6) is -0.818. The molecule has 0 radical (unpaired) electrons. The maximum Gasteiger partial charge on any atom is 0.251 e. The maximum absolute atomic E-state index is 13.1. The highest BCUT2D eigenvalue weighted by Crippen LogP contribution is 2.26. The first-order valence-electron chi connectivity index (χ1n) is 11.8. The van der Waals surface area contributed by atoms with Crippen LogP contribution in [0.5, 0.6) is 0 Å². The van der Waals surface area contributed by atoms with Gasteiger partial charge in [0.25, 0.3) is 5.91 Å². The standard InChI is InChI=1S/C25H30N4O5S/c1-18-7-10-20(16-22(18)35(33,34)28-13-3-2-4-14-28)27-23(30)17-26-25(32)19-8-11-21(12-9-19)29-15-5-6-24(29)31/h7-12,16H,2-6,13-15,17H2,1H3,(H,26,32)(H,27,30). The Morgan fingerprint density at radius 1 is 0.943 bits per heavy atom. The average molecular weight is 499 g/mol. The Bertz CT molecular complexity index is 1220. The molecule has 2 aromatic rings. The Balaban J connectivity index is 1.35. The van der Waals surface area contributed by atoms with E-state index in [0.717, 1.165) is 31.4 Å². The molecule has 0 atom stereocenters. The van der Waals surface area contributed by atoms with Crippen molar-refractivity contribution < 1.29 is 22.8 Å². The molecule has 0 aromatic heterocycles. The van der Waals surface area contributed by atoms with Gasteiger partial charge >= 0.3 is 0 Å². The number of aryl methyl sites for hydroxylation is 1. The molecule has 2 fully saturated rings. The lowest BCUT2D eigenvalue weighted by Gasteiger charge is -2.26. The molecule has 10 heteroatoms. The molecule has 186 valence electrons. The van der Waals surface area contributed by atoms with Crippen molar-refractivity contribution in [3.63, 3.8) is 0 Å². The fraction of sp³-hybridized carbons (Fsp3) is 0.400. The van der Waals surface area contributed by atoms with Crippen LogP contribution in [0.15, 0.2) is 47.4 Å². The molecule has 2 aliphatic heterocycles. The lowest BCUT2D eigenvalue weighted by molar-refractivity contribution is -0.117. The maximum atomic E-state index is 13.1. The minimum absolute atomic E-state index is 0.0712. The molecule has 0 aliphatic carbocycles. The van der Waals surface area contributed by atoms with Crippen LogP contribution in [0.2, 0.25) is 0 Å². The molecule has 0 bridgehead atoms. The number of piperidine rings is 1. The van der Waals surface area contributed by atoms with Gasteiger partial charge in [0, 0.05) is 43.0 Å². The predicted molar refractivity (Wildman–Crippen MR) is 133 cm³/mol. The van der Waals surface area contributed by atoms with Crippen molar-refractivity contribution in [3.05, 3.63) is 53.6 Å². The Morgan fingerprint density at radius 2 is 1.66 bits per heavy atom. The predicted octanol–water partition coefficient (Wildman–Crippen LogP) is 2.66. The summed E-state index contributed by atoms with van der Waals surface area (Å²) in [4.78, 5) is 38.6. The van der Waals surface area contributed by atoms with Gasteiger partial charge in [-0.2, -0.15) is 4.31 Å². The molecule has 0 saturated carbocycles. The number of benzene rings is 2. The summed E-state index contributed by atoms with van der Waals surface area (Å²) in [6, 6.07) is 11.4. The lowest BCUT2D eigenvalue weighted by atomic mass is 10.2. The fourth-order valence-corrected chi connectivity index (χ4v) is 6.15. The van der Waals surface area contributed by atoms with Crippen molar-refractivity contribution in [2.24, 2.45) is 0 Å². The number of carbonyl (C=O) groups is 3. The van der Waals surface area contributed by atoms with Gasteiger partial charge < -0.3 is 15.5 Å². The Morgan fingerprint density at radius 3 is 2.31 bits per heavy atom. The van der Waals surface area contributed by atoms with E-state index in [1.807, 2.05) is 0 Å². The van der Waals surface area contributed by atoms with Crippen LogP contribution in [0.1, 0.15) is 48.0 Å². The normalized spacial score (nSPS) is 16.8. The van der Waals surface area contributed by atoms with Gasteiger partial charge in [-0.25, -0.2) is 8.42 Å². The van der Waals surface area contributed by atoms with Gasteiger partial charge in [0.2, 0.25) is 21.8 Å². The molecule has 0 spiro atoms. The first kappa shape index (κ1) is 24.9. The summed E-state index contributed by atoms with van der Waals surface area (Å²) in [7, 11) is -3.64. The van der Waals surface area contributed by atoms with Crippen LogP contribution in [0.4, 0.5) is 11.4 Å². The van der Waals surface area contributed by atoms with Gasteiger partial charge in [-0.05, 0) is 68.1 Å². The van der Waals surface area contributed by atoms with Gasteiger partial charge in [-0.15, -0.1) is 0 Å². The van der Waals surface area contributed by atoms with Crippen LogP contribution < -0.4 is 15.5 Å². The fourth-order valence-electron chi connectivity index (χ4n) is 4.38. The molecule has 2 aliphatic rings. The summed E-state index contributed by atoms with van der Waals surface area (Å²) < 4.78 is 27.7. The van der Waals surface area contributed by atoms with E-state index in [2.05, 4.69) is 10.6 Å². The summed E-state index contributed by atoms with van der Waals surface area (Å²) in [5, 5.41) is 5.23. The molecular weight excluding hydrogens is 468 g/mol. The third-order valence-corrected chi connectivity index (χ3v) is 8.37. The number of nitrogens with one attached hydrogen (secondary N) is 2. The number of nitrogens with zero attached hydrogens (tertiary/aromatic N) is 2. The molecule has 2 aromatic carbocycles. The van der Waals surface area contributed by atoms with E-state index in [-0.39, 0.29) is 17.3 Å². The molecule has 9 nitrogen and oxygen atoms in total. The second-order valence-electron chi connectivity index (χ2n) is 8.87. The van der Waals surface area contributed by atoms with Gasteiger partial charge in [0.1, 0.15) is 0 Å². The SMILES string of the molecule is Cc1ccc(NC(=O)CNC(=O)c2ccc(N3CCCC3=O)cc2)cc1S(=O)(=O)N1CCCCC1. The minimum Gasteiger partial charge on any atom is -0.343 e. The first-order valence-corrected chi connectivity index (χ1v) is 13.3. The van der Waals surface area contributed by atoms with Crippen LogP contribution >= 0.6 is 0 Å². The Labute approximate surface area is 205 Å². The average Bonchev–Trinajstić information content (AvgIpc) is 3.30. The van der Waals surface area contributed by atoms with Crippen molar-refractivity contribution in [3.8, 4) is 0 Å². The van der Waals surface area contributed by atoms with E-state index in [9.17, 15) is 22.8 Å². The molecule has 4 rings (SSSR count). The van der Waals surface area contributed by atoms with E-state index in [1.54, 1.807) is 48.2 Å². The van der Waals surface area contributed by atoms with Crippen molar-refractivity contribution in [2.75, 3.05) is 36.4 Å². The zero-order chi connectivity index (χ0) is 25.0. The van der Waals surface area contributed by atoms with Crippen molar-refractivity contribution in [1.82, 2.24) is 9.62 Å². The van der Waals surface area contributed by atoms with Crippen LogP contribution in [-0.4, -0.2) is 56.6 Å². The molecule has 0 unspecified atom stereocenters. The van der Waals surface area contributed by atoms with Gasteiger partial charge in [0.05, 0.1) is 11.4 Å². The zero-order valence-electron chi connectivity index (χ0n) is 19.7. The number of hydrogen-bond acceptors (Lipinski definition) is 5. The van der Waals surface area contributed by atoms with Gasteiger partial charge in [0.15, 0.2) is 0 Å². The van der Waals surface area contributed by atoms with E-state index < -0.39 is 21.8 Å². The van der Waals surface area contributed by atoms with E-state index in [1.165, 1.54) is 10.4 Å². The number of sulfonamides is 1. The van der Waals surface area contributed by atoms with Crippen LogP contribution in [-0.2, 0) is 19.6 Å². The highest BCUT2D eigenvalue weighted by atomic mass is 32.2. The van der Waals surface area contributed by atoms with Crippen molar-refractivity contribution in [2.45, 2.75) is 43.9 Å². The highest BCUT2D eigenvalue weighted by Gasteiger charge is 2.28. The second-order valence-corrected chi connectivity index (χ2v) is 10.8. The van der Waals surface area contributed by atoms with Crippen molar-refractivity contribution in [1.29, 1.82) is 0 Å². The zero-order valence-corrected chi connectivity index (χ0v) is 20.6. The van der Waals surface area contributed by atoms with Crippen LogP contribution in [0.25, 0.3) is 0 Å². The van der Waals surface area contributed by atoms with E-state index in [0.29, 0.717) is 42.9 Å². The quantitative estimate of drug-likeness (QED) is 0.609. The summed E-state index contributed by atoms with van der Waals surface area (Å²) in [6.07, 6.45) is 4.06. The molecule has 35 heavy (non-hydrogen) atoms. The Hall–Kier alpha value is -3.24. The van der Waals surface area contributed by atoms with Gasteiger partial charge in [-0.1, -0.05) is 12.5 Å². The number of carbonyl (C=O) groups excluding carboxylic acids is 3. The topological polar surface area (TPSA) is 116 Å². The number of amides is 3. The number of rotatable bonds is 7. The Kier molecular flexibility index (Phi) is 7.51. The molecular formula is C25H30N4O5S. The third-order valence-electron chi connectivity index (χ3n) is 6.33. The smallest absolute Gasteiger partial charge is 0.251 e.